The number of ether oxygens (including phenoxy) is 1. The summed E-state index contributed by atoms with van der Waals surface area (Å²) < 4.78 is 31.7. The largest absolute Gasteiger partial charge is 0.453 e. The van der Waals surface area contributed by atoms with Crippen LogP contribution in [0.25, 0.3) is 0 Å². The molecule has 0 bridgehead atoms. The number of nitrogens with one attached hydrogen (secondary N) is 1. The number of rotatable bonds is 7. The van der Waals surface area contributed by atoms with Gasteiger partial charge in [-0.3, -0.25) is 19.3 Å². The first-order chi connectivity index (χ1) is 14.3. The van der Waals surface area contributed by atoms with E-state index in [0.29, 0.717) is 17.7 Å². The molecule has 1 atom stereocenters. The Morgan fingerprint density at radius 3 is 2.50 bits per heavy atom. The van der Waals surface area contributed by atoms with Crippen LogP contribution in [-0.2, 0) is 24.3 Å². The number of benzene rings is 2. The topological polar surface area (TPSA) is 105 Å². The third-order valence-electron chi connectivity index (χ3n) is 4.60. The highest BCUT2D eigenvalue weighted by atomic mass is 32.2. The summed E-state index contributed by atoms with van der Waals surface area (Å²) in [4.78, 5) is 30.4. The van der Waals surface area contributed by atoms with Gasteiger partial charge >= 0.3 is 5.97 Å². The Balaban J connectivity index is 1.49. The summed E-state index contributed by atoms with van der Waals surface area (Å²) in [5, 5.41) is 0. The first-order valence-electron chi connectivity index (χ1n) is 9.48. The van der Waals surface area contributed by atoms with Crippen LogP contribution in [0, 0.1) is 0 Å². The van der Waals surface area contributed by atoms with Crippen molar-refractivity contribution in [3.8, 4) is 0 Å². The number of esters is 1. The molecule has 0 aliphatic carbocycles. The number of para-hydroxylation sites is 1. The summed E-state index contributed by atoms with van der Waals surface area (Å²) in [6.07, 6.45) is -0.484. The molecular formula is C21H23N3O5S. The number of aliphatic imine (C=N–C) groups is 1. The number of sulfonamides is 1. The molecule has 1 N–H and O–H groups in total. The van der Waals surface area contributed by atoms with E-state index in [9.17, 15) is 18.0 Å². The lowest BCUT2D eigenvalue weighted by atomic mass is 10.2. The van der Waals surface area contributed by atoms with Crippen LogP contribution in [0.3, 0.4) is 0 Å². The van der Waals surface area contributed by atoms with E-state index in [4.69, 9.17) is 4.74 Å². The Hall–Kier alpha value is -3.20. The molecule has 0 fully saturated rings. The Morgan fingerprint density at radius 2 is 1.77 bits per heavy atom. The molecule has 2 aromatic carbocycles. The summed E-state index contributed by atoms with van der Waals surface area (Å²) in [5.74, 6) is -0.566. The number of nitrogens with zero attached hydrogens (tertiary/aromatic N) is 2. The molecule has 0 aromatic heterocycles. The summed E-state index contributed by atoms with van der Waals surface area (Å²) in [7, 11) is -1.96. The fourth-order valence-corrected chi connectivity index (χ4v) is 4.27. The van der Waals surface area contributed by atoms with Gasteiger partial charge in [0.25, 0.3) is 15.9 Å². The number of hydrogen-bond acceptors (Lipinski definition) is 6. The first-order valence-corrected chi connectivity index (χ1v) is 11.0. The zero-order valence-corrected chi connectivity index (χ0v) is 17.6. The number of carbonyl (C=O) groups excluding carboxylic acids is 2. The Bertz CT molecular complexity index is 1070. The van der Waals surface area contributed by atoms with Crippen LogP contribution in [0.1, 0.15) is 25.3 Å². The maximum atomic E-state index is 12.4. The number of likely N-dealkylation sites (N-methyl/N-ethyl adjacent to an activating group) is 1. The van der Waals surface area contributed by atoms with Gasteiger partial charge in [0.05, 0.1) is 4.90 Å². The monoisotopic (exact) mass is 429 g/mol. The van der Waals surface area contributed by atoms with Crippen LogP contribution in [0.2, 0.25) is 0 Å². The van der Waals surface area contributed by atoms with Gasteiger partial charge in [-0.1, -0.05) is 30.3 Å². The quantitative estimate of drug-likeness (QED) is 0.536. The number of hydrogen-bond donors (Lipinski definition) is 1. The standard InChI is InChI=1S/C21H23N3O5S/c1-15(21(26)24(2)16-9-4-3-5-10-16)29-19(25)13-8-14-22-20-17-11-6-7-12-18(17)30(27,28)23-20/h3-7,9-12,15H,8,13-14H2,1-2H3,(H,22,23)/t15-/m1/s1. The molecule has 1 amide bonds. The van der Waals surface area contributed by atoms with Gasteiger partial charge in [0, 0.05) is 31.3 Å². The zero-order valence-electron chi connectivity index (χ0n) is 16.7. The van der Waals surface area contributed by atoms with E-state index >= 15 is 0 Å². The highest BCUT2D eigenvalue weighted by molar-refractivity contribution is 7.90. The molecule has 9 heteroatoms. The van der Waals surface area contributed by atoms with Crippen molar-refractivity contribution in [1.82, 2.24) is 4.72 Å². The maximum Gasteiger partial charge on any atom is 0.306 e. The minimum atomic E-state index is -3.58. The van der Waals surface area contributed by atoms with E-state index in [0.717, 1.165) is 0 Å². The van der Waals surface area contributed by atoms with Crippen molar-refractivity contribution >= 4 is 33.4 Å². The van der Waals surface area contributed by atoms with E-state index in [2.05, 4.69) is 9.71 Å². The van der Waals surface area contributed by atoms with Crippen molar-refractivity contribution in [3.05, 3.63) is 60.2 Å². The van der Waals surface area contributed by atoms with E-state index in [-0.39, 0.29) is 29.6 Å². The minimum absolute atomic E-state index is 0.0673. The third kappa shape index (κ3) is 4.85. The van der Waals surface area contributed by atoms with Crippen LogP contribution in [0.4, 0.5) is 5.69 Å². The SMILES string of the molecule is C[C@@H](OC(=O)CCCN=C1NS(=O)(=O)c2ccccc21)C(=O)N(C)c1ccccc1. The van der Waals surface area contributed by atoms with Gasteiger partial charge in [-0.05, 0) is 37.6 Å². The van der Waals surface area contributed by atoms with Gasteiger partial charge in [-0.15, -0.1) is 0 Å². The van der Waals surface area contributed by atoms with Crippen molar-refractivity contribution in [2.45, 2.75) is 30.8 Å². The average molecular weight is 429 g/mol. The summed E-state index contributed by atoms with van der Waals surface area (Å²) in [5.41, 5.74) is 1.23. The van der Waals surface area contributed by atoms with E-state index in [1.807, 2.05) is 18.2 Å². The molecule has 8 nitrogen and oxygen atoms in total. The number of carbonyl (C=O) groups is 2. The molecule has 0 radical (unpaired) electrons. The fourth-order valence-electron chi connectivity index (χ4n) is 3.02. The fraction of sp³-hybridized carbons (Fsp3) is 0.286. The van der Waals surface area contributed by atoms with Crippen molar-refractivity contribution in [2.24, 2.45) is 4.99 Å². The molecular weight excluding hydrogens is 406 g/mol. The van der Waals surface area contributed by atoms with Crippen LogP contribution in [0.5, 0.6) is 0 Å². The molecule has 1 aliphatic heterocycles. The number of fused-ring (bicyclic) bond motifs is 1. The maximum absolute atomic E-state index is 12.4. The van der Waals surface area contributed by atoms with Crippen LogP contribution >= 0.6 is 0 Å². The number of anilines is 1. The second kappa shape index (κ2) is 9.08. The van der Waals surface area contributed by atoms with Crippen LogP contribution in [-0.4, -0.2) is 45.8 Å². The van der Waals surface area contributed by atoms with Crippen LogP contribution in [0.15, 0.2) is 64.5 Å². The first kappa shape index (κ1) is 21.5. The van der Waals surface area contributed by atoms with Crippen molar-refractivity contribution in [1.29, 1.82) is 0 Å². The molecule has 0 spiro atoms. The molecule has 0 saturated heterocycles. The van der Waals surface area contributed by atoms with Gasteiger partial charge in [0.1, 0.15) is 5.84 Å². The minimum Gasteiger partial charge on any atom is -0.453 e. The van der Waals surface area contributed by atoms with E-state index < -0.39 is 22.1 Å². The highest BCUT2D eigenvalue weighted by Gasteiger charge is 2.30. The second-order valence-electron chi connectivity index (χ2n) is 6.80. The summed E-state index contributed by atoms with van der Waals surface area (Å²) >= 11 is 0. The zero-order chi connectivity index (χ0) is 21.7. The number of amides is 1. The lowest BCUT2D eigenvalue weighted by Crippen LogP contribution is -2.37. The van der Waals surface area contributed by atoms with Gasteiger partial charge in [-0.2, -0.15) is 0 Å². The smallest absolute Gasteiger partial charge is 0.306 e. The lowest BCUT2D eigenvalue weighted by molar-refractivity contribution is -0.153. The average Bonchev–Trinajstić information content (AvgIpc) is 3.01. The Labute approximate surface area is 175 Å². The Kier molecular flexibility index (Phi) is 6.51. The van der Waals surface area contributed by atoms with Crippen molar-refractivity contribution < 1.29 is 22.7 Å². The highest BCUT2D eigenvalue weighted by Crippen LogP contribution is 2.22. The summed E-state index contributed by atoms with van der Waals surface area (Å²) in [6, 6.07) is 15.7. The van der Waals surface area contributed by atoms with Crippen molar-refractivity contribution in [2.75, 3.05) is 18.5 Å². The van der Waals surface area contributed by atoms with Crippen molar-refractivity contribution in [3.63, 3.8) is 0 Å². The molecule has 0 unspecified atom stereocenters. The molecule has 0 saturated carbocycles. The Morgan fingerprint density at radius 1 is 1.10 bits per heavy atom. The third-order valence-corrected chi connectivity index (χ3v) is 6.00. The predicted octanol–water partition coefficient (Wildman–Crippen LogP) is 2.10. The number of amidine groups is 1. The van der Waals surface area contributed by atoms with Gasteiger partial charge in [0.2, 0.25) is 0 Å². The normalized spacial score (nSPS) is 16.4. The molecule has 30 heavy (non-hydrogen) atoms. The summed E-state index contributed by atoms with van der Waals surface area (Å²) in [6.45, 7) is 1.78. The molecule has 1 aliphatic rings. The van der Waals surface area contributed by atoms with E-state index in [1.165, 1.54) is 17.9 Å². The second-order valence-corrected chi connectivity index (χ2v) is 8.45. The lowest BCUT2D eigenvalue weighted by Gasteiger charge is -2.21. The molecule has 158 valence electrons. The predicted molar refractivity (Wildman–Crippen MR) is 113 cm³/mol. The molecule has 2 aromatic rings. The van der Waals surface area contributed by atoms with Gasteiger partial charge in [-0.25, -0.2) is 8.42 Å². The van der Waals surface area contributed by atoms with Crippen LogP contribution < -0.4 is 9.62 Å². The van der Waals surface area contributed by atoms with E-state index in [1.54, 1.807) is 37.4 Å². The molecule has 1 heterocycles. The van der Waals surface area contributed by atoms with Gasteiger partial charge < -0.3 is 9.64 Å². The molecule has 3 rings (SSSR count). The van der Waals surface area contributed by atoms with Gasteiger partial charge in [0.15, 0.2) is 6.10 Å².